The van der Waals surface area contributed by atoms with E-state index in [-0.39, 0.29) is 17.7 Å². The standard InChI is InChI=1S/C20H18ClNO5/c1-11(21)14-4-6-15(7-5-14)19(26-12(2)23)20-22-16-9-13(10-18(24)25)3-8-17(16)27-20/h3-9,11,19H,10H2,1-2H3,(H,24,25). The molecule has 0 saturated carbocycles. The van der Waals surface area contributed by atoms with E-state index < -0.39 is 18.0 Å². The number of carboxylic acids is 1. The summed E-state index contributed by atoms with van der Waals surface area (Å²) in [4.78, 5) is 26.9. The fourth-order valence-corrected chi connectivity index (χ4v) is 2.90. The zero-order valence-corrected chi connectivity index (χ0v) is 15.6. The molecule has 1 aromatic heterocycles. The van der Waals surface area contributed by atoms with Crippen LogP contribution >= 0.6 is 11.6 Å². The number of aliphatic carboxylic acids is 1. The van der Waals surface area contributed by atoms with Crippen molar-refractivity contribution in [1.82, 2.24) is 4.98 Å². The molecule has 1 N–H and O–H groups in total. The van der Waals surface area contributed by atoms with E-state index in [1.54, 1.807) is 18.2 Å². The first-order valence-corrected chi connectivity index (χ1v) is 8.79. The number of rotatable bonds is 6. The maximum absolute atomic E-state index is 11.6. The Morgan fingerprint density at radius 3 is 2.44 bits per heavy atom. The topological polar surface area (TPSA) is 89.6 Å². The largest absolute Gasteiger partial charge is 0.481 e. The van der Waals surface area contributed by atoms with Crippen LogP contribution in [-0.4, -0.2) is 22.0 Å². The van der Waals surface area contributed by atoms with Gasteiger partial charge in [0, 0.05) is 12.5 Å². The van der Waals surface area contributed by atoms with Crippen molar-refractivity contribution >= 4 is 34.6 Å². The quantitative estimate of drug-likeness (QED) is 0.497. The van der Waals surface area contributed by atoms with E-state index in [9.17, 15) is 9.59 Å². The Kier molecular flexibility index (Phi) is 5.46. The third-order valence-electron chi connectivity index (χ3n) is 4.03. The maximum atomic E-state index is 11.6. The van der Waals surface area contributed by atoms with Crippen LogP contribution in [0.2, 0.25) is 0 Å². The van der Waals surface area contributed by atoms with E-state index in [0.29, 0.717) is 22.2 Å². The monoisotopic (exact) mass is 387 g/mol. The minimum absolute atomic E-state index is 0.108. The molecular formula is C20H18ClNO5. The van der Waals surface area contributed by atoms with Gasteiger partial charge in [-0.05, 0) is 30.2 Å². The van der Waals surface area contributed by atoms with Gasteiger partial charge in [0.15, 0.2) is 5.58 Å². The summed E-state index contributed by atoms with van der Waals surface area (Å²) in [5.74, 6) is -1.17. The van der Waals surface area contributed by atoms with Gasteiger partial charge in [-0.3, -0.25) is 9.59 Å². The summed E-state index contributed by atoms with van der Waals surface area (Å²) < 4.78 is 11.2. The van der Waals surface area contributed by atoms with Crippen molar-refractivity contribution in [2.75, 3.05) is 0 Å². The van der Waals surface area contributed by atoms with Crippen molar-refractivity contribution in [3.63, 3.8) is 0 Å². The van der Waals surface area contributed by atoms with E-state index in [4.69, 9.17) is 25.9 Å². The number of aromatic nitrogens is 1. The van der Waals surface area contributed by atoms with Crippen LogP contribution in [0.4, 0.5) is 0 Å². The minimum atomic E-state index is -0.926. The molecule has 2 unspecified atom stereocenters. The number of fused-ring (bicyclic) bond motifs is 1. The summed E-state index contributed by atoms with van der Waals surface area (Å²) in [6.07, 6.45) is -0.915. The smallest absolute Gasteiger partial charge is 0.307 e. The van der Waals surface area contributed by atoms with Gasteiger partial charge in [0.1, 0.15) is 5.52 Å². The summed E-state index contributed by atoms with van der Waals surface area (Å²) in [6, 6.07) is 12.3. The number of carbonyl (C=O) groups excluding carboxylic acids is 1. The van der Waals surface area contributed by atoms with Gasteiger partial charge in [-0.25, -0.2) is 4.98 Å². The molecule has 0 aliphatic rings. The summed E-state index contributed by atoms with van der Waals surface area (Å²) in [7, 11) is 0. The highest BCUT2D eigenvalue weighted by Gasteiger charge is 2.24. The van der Waals surface area contributed by atoms with Crippen molar-refractivity contribution in [2.24, 2.45) is 0 Å². The first kappa shape index (κ1) is 18.9. The Balaban J connectivity index is 1.99. The molecule has 3 aromatic rings. The molecule has 2 atom stereocenters. The van der Waals surface area contributed by atoms with Gasteiger partial charge in [-0.15, -0.1) is 11.6 Å². The number of esters is 1. The lowest BCUT2D eigenvalue weighted by Crippen LogP contribution is -2.10. The Morgan fingerprint density at radius 1 is 1.19 bits per heavy atom. The molecule has 1 heterocycles. The number of benzene rings is 2. The lowest BCUT2D eigenvalue weighted by molar-refractivity contribution is -0.145. The van der Waals surface area contributed by atoms with Crippen LogP contribution in [0.25, 0.3) is 11.1 Å². The first-order chi connectivity index (χ1) is 12.8. The van der Waals surface area contributed by atoms with Crippen LogP contribution in [0.3, 0.4) is 0 Å². The Bertz CT molecular complexity index is 978. The Morgan fingerprint density at radius 2 is 1.85 bits per heavy atom. The number of hydrogen-bond acceptors (Lipinski definition) is 5. The SMILES string of the molecule is CC(=O)OC(c1ccc(C(C)Cl)cc1)c1nc2cc(CC(=O)O)ccc2o1. The third kappa shape index (κ3) is 4.46. The average molecular weight is 388 g/mol. The lowest BCUT2D eigenvalue weighted by Gasteiger charge is -2.15. The molecule has 7 heteroatoms. The number of halogens is 1. The second-order valence-corrected chi connectivity index (χ2v) is 6.85. The van der Waals surface area contributed by atoms with E-state index in [1.807, 2.05) is 31.2 Å². The van der Waals surface area contributed by atoms with Crippen LogP contribution in [0.1, 0.15) is 47.9 Å². The predicted octanol–water partition coefficient (Wildman–Crippen LogP) is 4.41. The summed E-state index contributed by atoms with van der Waals surface area (Å²) >= 11 is 6.08. The number of hydrogen-bond donors (Lipinski definition) is 1. The van der Waals surface area contributed by atoms with Gasteiger partial charge in [-0.2, -0.15) is 0 Å². The highest BCUT2D eigenvalue weighted by Crippen LogP contribution is 2.30. The van der Waals surface area contributed by atoms with E-state index >= 15 is 0 Å². The Labute approximate surface area is 160 Å². The van der Waals surface area contributed by atoms with E-state index in [2.05, 4.69) is 4.98 Å². The number of carboxylic acid groups (broad SMARTS) is 1. The number of nitrogens with zero attached hydrogens (tertiary/aromatic N) is 1. The van der Waals surface area contributed by atoms with Crippen LogP contribution in [-0.2, 0) is 20.7 Å². The van der Waals surface area contributed by atoms with Crippen molar-refractivity contribution in [3.05, 3.63) is 65.0 Å². The second kappa shape index (κ2) is 7.80. The molecule has 2 aromatic carbocycles. The number of oxazole rings is 1. The molecule has 0 radical (unpaired) electrons. The molecule has 0 spiro atoms. The molecule has 0 amide bonds. The summed E-state index contributed by atoms with van der Waals surface area (Å²) in [6.45, 7) is 3.19. The fourth-order valence-electron chi connectivity index (χ4n) is 2.75. The molecule has 0 bridgehead atoms. The normalized spacial score (nSPS) is 13.3. The molecule has 6 nitrogen and oxygen atoms in total. The number of carbonyl (C=O) groups is 2. The molecule has 0 aliphatic carbocycles. The van der Waals surface area contributed by atoms with Crippen LogP contribution in [0.15, 0.2) is 46.9 Å². The van der Waals surface area contributed by atoms with Gasteiger partial charge < -0.3 is 14.3 Å². The van der Waals surface area contributed by atoms with Gasteiger partial charge in [0.2, 0.25) is 12.0 Å². The zero-order valence-electron chi connectivity index (χ0n) is 14.8. The summed E-state index contributed by atoms with van der Waals surface area (Å²) in [5.41, 5.74) is 3.25. The molecule has 0 saturated heterocycles. The summed E-state index contributed by atoms with van der Waals surface area (Å²) in [5, 5.41) is 8.79. The van der Waals surface area contributed by atoms with Gasteiger partial charge in [-0.1, -0.05) is 30.3 Å². The van der Waals surface area contributed by atoms with Crippen molar-refractivity contribution in [2.45, 2.75) is 31.7 Å². The van der Waals surface area contributed by atoms with Gasteiger partial charge >= 0.3 is 11.9 Å². The second-order valence-electron chi connectivity index (χ2n) is 6.20. The first-order valence-electron chi connectivity index (χ1n) is 8.36. The number of ether oxygens (including phenoxy) is 1. The lowest BCUT2D eigenvalue weighted by atomic mass is 10.1. The maximum Gasteiger partial charge on any atom is 0.307 e. The minimum Gasteiger partial charge on any atom is -0.481 e. The van der Waals surface area contributed by atoms with E-state index in [0.717, 1.165) is 5.56 Å². The van der Waals surface area contributed by atoms with Crippen LogP contribution in [0.5, 0.6) is 0 Å². The fraction of sp³-hybridized carbons (Fsp3) is 0.250. The van der Waals surface area contributed by atoms with Crippen molar-refractivity contribution in [3.8, 4) is 0 Å². The molecule has 27 heavy (non-hydrogen) atoms. The van der Waals surface area contributed by atoms with Crippen molar-refractivity contribution in [1.29, 1.82) is 0 Å². The highest BCUT2D eigenvalue weighted by atomic mass is 35.5. The molecule has 140 valence electrons. The number of alkyl halides is 1. The molecule has 0 aliphatic heterocycles. The van der Waals surface area contributed by atoms with Gasteiger partial charge in [0.25, 0.3) is 0 Å². The average Bonchev–Trinajstić information content (AvgIpc) is 3.02. The highest BCUT2D eigenvalue weighted by molar-refractivity contribution is 6.20. The van der Waals surface area contributed by atoms with Crippen molar-refractivity contribution < 1.29 is 23.8 Å². The Hall–Kier alpha value is -2.86. The molecule has 0 fully saturated rings. The van der Waals surface area contributed by atoms with Crippen LogP contribution in [0, 0.1) is 0 Å². The van der Waals surface area contributed by atoms with E-state index in [1.165, 1.54) is 6.92 Å². The predicted molar refractivity (Wildman–Crippen MR) is 99.7 cm³/mol. The van der Waals surface area contributed by atoms with Gasteiger partial charge in [0.05, 0.1) is 11.8 Å². The molecular weight excluding hydrogens is 370 g/mol. The zero-order chi connectivity index (χ0) is 19.6. The third-order valence-corrected chi connectivity index (χ3v) is 4.28. The molecule has 3 rings (SSSR count). The van der Waals surface area contributed by atoms with Crippen LogP contribution < -0.4 is 0 Å².